The van der Waals surface area contributed by atoms with Crippen molar-refractivity contribution in [1.29, 1.82) is 0 Å². The van der Waals surface area contributed by atoms with Gasteiger partial charge >= 0.3 is 0 Å². The number of allylic oxidation sites excluding steroid dienone is 4. The second-order valence-corrected chi connectivity index (χ2v) is 4.42. The summed E-state index contributed by atoms with van der Waals surface area (Å²) in [6.07, 6.45) is 8.03. The van der Waals surface area contributed by atoms with Crippen molar-refractivity contribution in [3.63, 3.8) is 0 Å². The van der Waals surface area contributed by atoms with E-state index in [4.69, 9.17) is 0 Å². The molecule has 0 amide bonds. The molecule has 0 aliphatic rings. The van der Waals surface area contributed by atoms with Gasteiger partial charge in [0.1, 0.15) is 0 Å². The second kappa shape index (κ2) is 9.58. The predicted molar refractivity (Wildman–Crippen MR) is 79.7 cm³/mol. The maximum absolute atomic E-state index is 12.4. The summed E-state index contributed by atoms with van der Waals surface area (Å²) in [5.74, 6) is -0.0471. The predicted octanol–water partition coefficient (Wildman–Crippen LogP) is 5.04. The fourth-order valence-corrected chi connectivity index (χ4v) is 1.34. The Labute approximate surface area is 111 Å². The molecule has 1 atom stereocenters. The lowest BCUT2D eigenvalue weighted by atomic mass is 9.97. The lowest BCUT2D eigenvalue weighted by molar-refractivity contribution is 0.411. The highest BCUT2D eigenvalue weighted by molar-refractivity contribution is 5.72. The molecule has 0 spiro atoms. The van der Waals surface area contributed by atoms with Crippen LogP contribution < -0.4 is 0 Å². The Kier molecular flexibility index (Phi) is 8.81. The molecule has 0 heterocycles. The normalized spacial score (nSPS) is 13.1. The van der Waals surface area contributed by atoms with E-state index in [1.54, 1.807) is 6.21 Å². The Balaban J connectivity index is 3.97. The van der Waals surface area contributed by atoms with Gasteiger partial charge in [0.25, 0.3) is 0 Å². The van der Waals surface area contributed by atoms with Crippen molar-refractivity contribution in [2.75, 3.05) is 6.67 Å². The van der Waals surface area contributed by atoms with Crippen molar-refractivity contribution in [1.82, 2.24) is 0 Å². The Hall–Kier alpha value is -1.44. The van der Waals surface area contributed by atoms with E-state index in [1.165, 1.54) is 0 Å². The molecule has 0 aliphatic heterocycles. The molecule has 0 rings (SSSR count). The Morgan fingerprint density at radius 2 is 1.94 bits per heavy atom. The van der Waals surface area contributed by atoms with Crippen LogP contribution in [0.5, 0.6) is 0 Å². The molecular formula is C16H24FN. The van der Waals surface area contributed by atoms with Crippen LogP contribution in [0.4, 0.5) is 4.39 Å². The molecule has 1 nitrogen and oxygen atoms in total. The van der Waals surface area contributed by atoms with Crippen molar-refractivity contribution in [2.45, 2.75) is 33.1 Å². The molecule has 18 heavy (non-hydrogen) atoms. The number of nitrogens with zero attached hydrogens (tertiary/aromatic N) is 1. The minimum atomic E-state index is -0.333. The molecule has 0 saturated carbocycles. The summed E-state index contributed by atoms with van der Waals surface area (Å²) in [6.45, 7) is 15.2. The molecule has 0 aromatic heterocycles. The molecular weight excluding hydrogens is 225 g/mol. The highest BCUT2D eigenvalue weighted by atomic mass is 19.1. The largest absolute Gasteiger partial charge is 0.257 e. The number of alkyl halides is 1. The van der Waals surface area contributed by atoms with Crippen LogP contribution in [0.2, 0.25) is 0 Å². The third-order valence-corrected chi connectivity index (χ3v) is 2.82. The average Bonchev–Trinajstić information content (AvgIpc) is 2.37. The third-order valence-electron chi connectivity index (χ3n) is 2.82. The van der Waals surface area contributed by atoms with Gasteiger partial charge in [-0.1, -0.05) is 38.3 Å². The van der Waals surface area contributed by atoms with Crippen molar-refractivity contribution >= 4 is 6.21 Å². The summed E-state index contributed by atoms with van der Waals surface area (Å²) in [5.41, 5.74) is 2.60. The monoisotopic (exact) mass is 249 g/mol. The summed E-state index contributed by atoms with van der Waals surface area (Å²) < 4.78 is 12.4. The first-order chi connectivity index (χ1) is 8.52. The van der Waals surface area contributed by atoms with Crippen molar-refractivity contribution < 1.29 is 4.39 Å². The standard InChI is InChI=1S/C16H24FN/c1-6-7-11-18-16(5)14(3)10-8-9-13(2)15(4)12-17/h6-7,11,15H,2-3,5,8-10,12H2,1,4H3/b7-6-,18-11?. The van der Waals surface area contributed by atoms with Gasteiger partial charge < -0.3 is 0 Å². The van der Waals surface area contributed by atoms with Gasteiger partial charge in [0.05, 0.1) is 12.4 Å². The fourth-order valence-electron chi connectivity index (χ4n) is 1.34. The van der Waals surface area contributed by atoms with E-state index in [-0.39, 0.29) is 12.6 Å². The van der Waals surface area contributed by atoms with E-state index in [0.29, 0.717) is 5.70 Å². The molecule has 0 fully saturated rings. The molecule has 0 aliphatic carbocycles. The van der Waals surface area contributed by atoms with Gasteiger partial charge in [-0.25, -0.2) is 0 Å². The zero-order valence-electron chi connectivity index (χ0n) is 11.6. The molecule has 1 unspecified atom stereocenters. The molecule has 0 saturated heterocycles. The average molecular weight is 249 g/mol. The van der Waals surface area contributed by atoms with Gasteiger partial charge in [-0.3, -0.25) is 9.38 Å². The molecule has 0 N–H and O–H groups in total. The van der Waals surface area contributed by atoms with Gasteiger partial charge in [-0.05, 0) is 37.8 Å². The number of hydrogen-bond acceptors (Lipinski definition) is 1. The van der Waals surface area contributed by atoms with E-state index in [0.717, 1.165) is 30.4 Å². The topological polar surface area (TPSA) is 12.4 Å². The SMILES string of the molecule is C=C(CCCC(=C)C(C)CF)C(=C)N=C/C=C\C. The van der Waals surface area contributed by atoms with Gasteiger partial charge in [0.2, 0.25) is 0 Å². The summed E-state index contributed by atoms with van der Waals surface area (Å²) in [4.78, 5) is 4.17. The molecule has 2 heteroatoms. The first-order valence-corrected chi connectivity index (χ1v) is 6.29. The van der Waals surface area contributed by atoms with Gasteiger partial charge in [0.15, 0.2) is 0 Å². The summed E-state index contributed by atoms with van der Waals surface area (Å²) in [6, 6.07) is 0. The molecule has 0 aromatic rings. The zero-order chi connectivity index (χ0) is 14.0. The van der Waals surface area contributed by atoms with Gasteiger partial charge in [-0.15, -0.1) is 0 Å². The zero-order valence-corrected chi connectivity index (χ0v) is 11.6. The lowest BCUT2D eigenvalue weighted by Crippen LogP contribution is -2.00. The van der Waals surface area contributed by atoms with Crippen LogP contribution in [0, 0.1) is 5.92 Å². The number of rotatable bonds is 9. The van der Waals surface area contributed by atoms with Gasteiger partial charge in [-0.2, -0.15) is 0 Å². The minimum Gasteiger partial charge on any atom is -0.257 e. The highest BCUT2D eigenvalue weighted by Crippen LogP contribution is 2.20. The number of aliphatic imine (C=N–C) groups is 1. The van der Waals surface area contributed by atoms with Crippen LogP contribution >= 0.6 is 0 Å². The minimum absolute atomic E-state index is 0.0471. The maximum atomic E-state index is 12.4. The van der Waals surface area contributed by atoms with Crippen LogP contribution in [0.25, 0.3) is 0 Å². The van der Waals surface area contributed by atoms with Crippen LogP contribution in [-0.2, 0) is 0 Å². The lowest BCUT2D eigenvalue weighted by Gasteiger charge is -2.11. The van der Waals surface area contributed by atoms with Crippen molar-refractivity contribution in [3.8, 4) is 0 Å². The van der Waals surface area contributed by atoms with Crippen LogP contribution in [-0.4, -0.2) is 12.9 Å². The molecule has 0 radical (unpaired) electrons. The van der Waals surface area contributed by atoms with E-state index in [2.05, 4.69) is 24.7 Å². The quantitative estimate of drug-likeness (QED) is 0.308. The second-order valence-electron chi connectivity index (χ2n) is 4.42. The first kappa shape index (κ1) is 16.6. The Bertz CT molecular complexity index is 350. The van der Waals surface area contributed by atoms with Crippen LogP contribution in [0.3, 0.4) is 0 Å². The van der Waals surface area contributed by atoms with Gasteiger partial charge in [0, 0.05) is 12.1 Å². The highest BCUT2D eigenvalue weighted by Gasteiger charge is 2.06. The molecule has 100 valence electrons. The number of hydrogen-bond donors (Lipinski definition) is 0. The molecule has 0 aromatic carbocycles. The van der Waals surface area contributed by atoms with Crippen LogP contribution in [0.1, 0.15) is 33.1 Å². The Morgan fingerprint density at radius 3 is 2.50 bits per heavy atom. The van der Waals surface area contributed by atoms with E-state index >= 15 is 0 Å². The number of halogens is 1. The third kappa shape index (κ3) is 7.00. The van der Waals surface area contributed by atoms with E-state index in [1.807, 2.05) is 26.0 Å². The molecule has 0 bridgehead atoms. The smallest absolute Gasteiger partial charge is 0.0956 e. The summed E-state index contributed by atoms with van der Waals surface area (Å²) in [7, 11) is 0. The summed E-state index contributed by atoms with van der Waals surface area (Å²) >= 11 is 0. The van der Waals surface area contributed by atoms with Crippen molar-refractivity contribution in [3.05, 3.63) is 48.7 Å². The van der Waals surface area contributed by atoms with Crippen molar-refractivity contribution in [2.24, 2.45) is 10.9 Å². The maximum Gasteiger partial charge on any atom is 0.0956 e. The fraction of sp³-hybridized carbons (Fsp3) is 0.438. The van der Waals surface area contributed by atoms with E-state index in [9.17, 15) is 4.39 Å². The van der Waals surface area contributed by atoms with Crippen LogP contribution in [0.15, 0.2) is 53.7 Å². The Morgan fingerprint density at radius 1 is 1.28 bits per heavy atom. The van der Waals surface area contributed by atoms with E-state index < -0.39 is 0 Å². The first-order valence-electron chi connectivity index (χ1n) is 6.29. The summed E-state index contributed by atoms with van der Waals surface area (Å²) in [5, 5.41) is 0.